The zero-order chi connectivity index (χ0) is 20.5. The normalized spacial score (nSPS) is 23.1. The van der Waals surface area contributed by atoms with Crippen molar-refractivity contribution >= 4 is 33.3 Å². The summed E-state index contributed by atoms with van der Waals surface area (Å²) in [6.07, 6.45) is 4.09. The second-order valence-corrected chi connectivity index (χ2v) is 9.15. The number of hydrogen-bond acceptors (Lipinski definition) is 8. The molecule has 2 aliphatic rings. The Morgan fingerprint density at radius 1 is 1.28 bits per heavy atom. The summed E-state index contributed by atoms with van der Waals surface area (Å²) in [6, 6.07) is 0.191. The van der Waals surface area contributed by atoms with E-state index in [-0.39, 0.29) is 18.1 Å². The van der Waals surface area contributed by atoms with Gasteiger partial charge in [0.25, 0.3) is 0 Å². The molecule has 2 saturated heterocycles. The predicted molar refractivity (Wildman–Crippen MR) is 115 cm³/mol. The molecule has 0 aliphatic carbocycles. The third-order valence-corrected chi connectivity index (χ3v) is 7.08. The number of fused-ring (bicyclic) bond motifs is 1. The number of aromatic nitrogens is 2. The maximum absolute atomic E-state index is 12.5. The van der Waals surface area contributed by atoms with Crippen LogP contribution in [0.2, 0.25) is 0 Å². The van der Waals surface area contributed by atoms with Crippen molar-refractivity contribution < 1.29 is 14.6 Å². The topological polar surface area (TPSA) is 78.8 Å². The molecule has 158 valence electrons. The molecule has 2 atom stereocenters. The molecule has 29 heavy (non-hydrogen) atoms. The van der Waals surface area contributed by atoms with E-state index in [0.717, 1.165) is 53.5 Å². The standard InChI is InChI=1S/C21H30N4O3S/c1-4-28-21(27)18-14(3)17-19(25-11-15(26)10-13(25)2)22-16(23-20(17)29-18)12-24-8-6-5-7-9-24/h13,15,26H,4-12H2,1-3H3. The molecule has 4 rings (SSSR count). The number of carbonyl (C=O) groups is 1. The average Bonchev–Trinajstić information content (AvgIpc) is 3.21. The molecule has 8 heteroatoms. The van der Waals surface area contributed by atoms with Crippen molar-refractivity contribution in [3.8, 4) is 0 Å². The molecule has 0 bridgehead atoms. The summed E-state index contributed by atoms with van der Waals surface area (Å²) in [5.74, 6) is 1.33. The first-order chi connectivity index (χ1) is 14.0. The van der Waals surface area contributed by atoms with Crippen LogP contribution in [0, 0.1) is 6.92 Å². The second kappa shape index (κ2) is 8.53. The van der Waals surface area contributed by atoms with Crippen LogP contribution in [-0.2, 0) is 11.3 Å². The number of ether oxygens (including phenoxy) is 1. The second-order valence-electron chi connectivity index (χ2n) is 8.15. The number of aliphatic hydroxyl groups is 1. The number of aliphatic hydroxyl groups excluding tert-OH is 1. The van der Waals surface area contributed by atoms with Crippen molar-refractivity contribution in [2.24, 2.45) is 0 Å². The van der Waals surface area contributed by atoms with Crippen LogP contribution in [0.15, 0.2) is 0 Å². The number of nitrogens with zero attached hydrogens (tertiary/aromatic N) is 4. The smallest absolute Gasteiger partial charge is 0.348 e. The highest BCUT2D eigenvalue weighted by Crippen LogP contribution is 2.38. The number of likely N-dealkylation sites (tertiary alicyclic amines) is 1. The Morgan fingerprint density at radius 2 is 2.03 bits per heavy atom. The third-order valence-electron chi connectivity index (χ3n) is 5.92. The fourth-order valence-corrected chi connectivity index (χ4v) is 5.53. The highest BCUT2D eigenvalue weighted by molar-refractivity contribution is 7.20. The SMILES string of the molecule is CCOC(=O)c1sc2nc(CN3CCCCC3)nc(N3CC(O)CC3C)c2c1C. The van der Waals surface area contributed by atoms with Crippen LogP contribution in [0.25, 0.3) is 10.2 Å². The maximum atomic E-state index is 12.5. The van der Waals surface area contributed by atoms with Crippen molar-refractivity contribution in [1.29, 1.82) is 0 Å². The van der Waals surface area contributed by atoms with E-state index in [1.54, 1.807) is 0 Å². The van der Waals surface area contributed by atoms with Crippen molar-refractivity contribution in [2.45, 2.75) is 65.1 Å². The van der Waals surface area contributed by atoms with Gasteiger partial charge in [-0.1, -0.05) is 6.42 Å². The average molecular weight is 419 g/mol. The van der Waals surface area contributed by atoms with Crippen LogP contribution in [0.5, 0.6) is 0 Å². The first-order valence-corrected chi connectivity index (χ1v) is 11.4. The molecule has 1 N–H and O–H groups in total. The molecule has 2 fully saturated rings. The number of piperidine rings is 1. The molecular formula is C21H30N4O3S. The van der Waals surface area contributed by atoms with Crippen LogP contribution in [0.4, 0.5) is 5.82 Å². The van der Waals surface area contributed by atoms with Crippen molar-refractivity contribution in [3.05, 3.63) is 16.3 Å². The minimum Gasteiger partial charge on any atom is -0.462 e. The molecule has 2 aliphatic heterocycles. The molecule has 7 nitrogen and oxygen atoms in total. The monoisotopic (exact) mass is 418 g/mol. The Morgan fingerprint density at radius 3 is 2.69 bits per heavy atom. The van der Waals surface area contributed by atoms with Gasteiger partial charge >= 0.3 is 5.97 Å². The van der Waals surface area contributed by atoms with Gasteiger partial charge in [0.2, 0.25) is 0 Å². The summed E-state index contributed by atoms with van der Waals surface area (Å²) in [5.41, 5.74) is 0.872. The summed E-state index contributed by atoms with van der Waals surface area (Å²) < 4.78 is 5.26. The van der Waals surface area contributed by atoms with Crippen LogP contribution < -0.4 is 4.90 Å². The molecule has 2 aromatic rings. The number of anilines is 1. The van der Waals surface area contributed by atoms with Gasteiger partial charge in [-0.3, -0.25) is 4.90 Å². The van der Waals surface area contributed by atoms with Gasteiger partial charge in [0, 0.05) is 12.6 Å². The van der Waals surface area contributed by atoms with Gasteiger partial charge in [0.05, 0.1) is 24.6 Å². The van der Waals surface area contributed by atoms with E-state index in [2.05, 4.69) is 16.7 Å². The zero-order valence-corrected chi connectivity index (χ0v) is 18.3. The molecule has 0 spiro atoms. The van der Waals surface area contributed by atoms with E-state index < -0.39 is 0 Å². The van der Waals surface area contributed by atoms with Gasteiger partial charge in [-0.25, -0.2) is 14.8 Å². The minimum absolute atomic E-state index is 0.191. The largest absolute Gasteiger partial charge is 0.462 e. The number of thiophene rings is 1. The van der Waals surface area contributed by atoms with Gasteiger partial charge in [-0.2, -0.15) is 0 Å². The summed E-state index contributed by atoms with van der Waals surface area (Å²) in [4.78, 5) is 28.3. The highest BCUT2D eigenvalue weighted by atomic mass is 32.1. The van der Waals surface area contributed by atoms with Crippen molar-refractivity contribution in [1.82, 2.24) is 14.9 Å². The summed E-state index contributed by atoms with van der Waals surface area (Å²) in [6.45, 7) is 9.65. The van der Waals surface area contributed by atoms with E-state index in [1.807, 2.05) is 13.8 Å². The number of rotatable bonds is 5. The van der Waals surface area contributed by atoms with E-state index >= 15 is 0 Å². The van der Waals surface area contributed by atoms with Gasteiger partial charge < -0.3 is 14.7 Å². The van der Waals surface area contributed by atoms with Crippen molar-refractivity contribution in [3.63, 3.8) is 0 Å². The van der Waals surface area contributed by atoms with E-state index in [4.69, 9.17) is 14.7 Å². The van der Waals surface area contributed by atoms with Crippen molar-refractivity contribution in [2.75, 3.05) is 31.1 Å². The van der Waals surface area contributed by atoms with Crippen LogP contribution in [0.3, 0.4) is 0 Å². The number of carbonyl (C=O) groups excluding carboxylic acids is 1. The molecule has 2 unspecified atom stereocenters. The Hall–Kier alpha value is -1.77. The molecule has 2 aromatic heterocycles. The summed E-state index contributed by atoms with van der Waals surface area (Å²) in [5, 5.41) is 11.1. The number of β-amino-alcohol motifs (C(OH)–C–C–N with tert-alkyl or cyclic N) is 1. The Labute approximate surface area is 175 Å². The Balaban J connectivity index is 1.78. The molecule has 0 amide bonds. The fourth-order valence-electron chi connectivity index (χ4n) is 4.45. The predicted octanol–water partition coefficient (Wildman–Crippen LogP) is 3.12. The number of esters is 1. The van der Waals surface area contributed by atoms with Crippen LogP contribution >= 0.6 is 11.3 Å². The van der Waals surface area contributed by atoms with Crippen LogP contribution in [-0.4, -0.2) is 64.3 Å². The molecule has 4 heterocycles. The van der Waals surface area contributed by atoms with E-state index in [1.165, 1.54) is 30.6 Å². The molecule has 0 radical (unpaired) electrons. The van der Waals surface area contributed by atoms with E-state index in [0.29, 0.717) is 18.0 Å². The van der Waals surface area contributed by atoms with Crippen LogP contribution in [0.1, 0.15) is 60.6 Å². The Bertz CT molecular complexity index is 894. The lowest BCUT2D eigenvalue weighted by atomic mass is 10.1. The molecule has 0 aromatic carbocycles. The summed E-state index contributed by atoms with van der Waals surface area (Å²) in [7, 11) is 0. The number of aryl methyl sites for hydroxylation is 1. The lowest BCUT2D eigenvalue weighted by molar-refractivity contribution is 0.0531. The maximum Gasteiger partial charge on any atom is 0.348 e. The zero-order valence-electron chi connectivity index (χ0n) is 17.5. The first kappa shape index (κ1) is 20.5. The van der Waals surface area contributed by atoms with Gasteiger partial charge in [0.15, 0.2) is 0 Å². The van der Waals surface area contributed by atoms with Gasteiger partial charge in [-0.15, -0.1) is 11.3 Å². The lowest BCUT2D eigenvalue weighted by Gasteiger charge is -2.27. The lowest BCUT2D eigenvalue weighted by Crippen LogP contribution is -2.31. The summed E-state index contributed by atoms with van der Waals surface area (Å²) >= 11 is 1.39. The first-order valence-electron chi connectivity index (χ1n) is 10.6. The Kier molecular flexibility index (Phi) is 6.03. The van der Waals surface area contributed by atoms with Gasteiger partial charge in [-0.05, 0) is 58.7 Å². The minimum atomic E-state index is -0.357. The fraction of sp³-hybridized carbons (Fsp3) is 0.667. The van der Waals surface area contributed by atoms with E-state index in [9.17, 15) is 9.90 Å². The quantitative estimate of drug-likeness (QED) is 0.748. The molecule has 0 saturated carbocycles. The third kappa shape index (κ3) is 4.11. The molecular weight excluding hydrogens is 388 g/mol. The highest BCUT2D eigenvalue weighted by Gasteiger charge is 2.32. The number of hydrogen-bond donors (Lipinski definition) is 1. The van der Waals surface area contributed by atoms with Gasteiger partial charge in [0.1, 0.15) is 21.3 Å².